The molecule has 3 aromatic rings. The molecule has 2 heterocycles. The number of aromatic nitrogens is 2. The summed E-state index contributed by atoms with van der Waals surface area (Å²) >= 11 is 3.63. The Balaban J connectivity index is 2.33. The van der Waals surface area contributed by atoms with E-state index in [0.29, 0.717) is 26.5 Å². The number of carbonyl (C=O) groups is 1. The smallest absolute Gasteiger partial charge is 0.536 e. The Morgan fingerprint density at radius 2 is 2.06 bits per heavy atom. The minimum absolute atomic E-state index is 0.265. The zero-order valence-electron chi connectivity index (χ0n) is 20.5. The molecule has 1 radical (unpaired) electrons. The van der Waals surface area contributed by atoms with E-state index in [2.05, 4.69) is 58.4 Å². The van der Waals surface area contributed by atoms with E-state index in [9.17, 15) is 9.82 Å². The van der Waals surface area contributed by atoms with Gasteiger partial charge in [-0.05, 0) is 50.1 Å². The molecule has 0 amide bonds. The Kier molecular flexibility index (Phi) is 8.44. The van der Waals surface area contributed by atoms with Crippen molar-refractivity contribution >= 4 is 40.5 Å². The van der Waals surface area contributed by atoms with E-state index < -0.39 is 0 Å². The van der Waals surface area contributed by atoms with Crippen LogP contribution in [0.3, 0.4) is 0 Å². The molecule has 7 nitrogen and oxygen atoms in total. The fraction of sp³-hybridized carbons (Fsp3) is 0.440. The first-order valence-corrected chi connectivity index (χ1v) is 12.0. The molecule has 0 bridgehead atoms. The van der Waals surface area contributed by atoms with Crippen LogP contribution in [-0.2, 0) is 27.2 Å². The van der Waals surface area contributed by atoms with Gasteiger partial charge < -0.3 is 23.7 Å². The number of ether oxygens (including phenoxy) is 2. The highest BCUT2D eigenvalue weighted by molar-refractivity contribution is 9.10. The zero-order chi connectivity index (χ0) is 25.0. The van der Waals surface area contributed by atoms with Crippen molar-refractivity contribution in [2.75, 3.05) is 13.7 Å². The van der Waals surface area contributed by atoms with Gasteiger partial charge in [0, 0.05) is 46.9 Å². The summed E-state index contributed by atoms with van der Waals surface area (Å²) in [7, 11) is 2.30. The molecular weight excluding hydrogens is 499 g/mol. The lowest BCUT2D eigenvalue weighted by Gasteiger charge is -2.25. The highest BCUT2D eigenvalue weighted by Crippen LogP contribution is 2.42. The van der Waals surface area contributed by atoms with E-state index in [4.69, 9.17) is 14.1 Å². The van der Waals surface area contributed by atoms with Crippen molar-refractivity contribution in [2.24, 2.45) is 5.41 Å². The van der Waals surface area contributed by atoms with Gasteiger partial charge in [0.2, 0.25) is 0 Å². The van der Waals surface area contributed by atoms with Crippen LogP contribution in [0.5, 0.6) is 5.75 Å². The molecule has 3 rings (SSSR count). The molecule has 0 saturated heterocycles. The quantitative estimate of drug-likeness (QED) is 0.286. The third kappa shape index (κ3) is 5.64. The van der Waals surface area contributed by atoms with E-state index in [0.717, 1.165) is 44.4 Å². The summed E-state index contributed by atoms with van der Waals surface area (Å²) in [5, 5.41) is 10.3. The van der Waals surface area contributed by atoms with Crippen molar-refractivity contribution in [1.29, 1.82) is 0 Å². The number of aryl methyl sites for hydroxylation is 1. The van der Waals surface area contributed by atoms with Crippen LogP contribution in [0.2, 0.25) is 0 Å². The average Bonchev–Trinajstić information content (AvgIpc) is 3.09. The van der Waals surface area contributed by atoms with Crippen LogP contribution >= 0.6 is 15.9 Å². The number of hydrogen-bond donors (Lipinski definition) is 1. The standard InChI is InChI=1S/C25H31BBrN2O5/c1-7-29-22-9-8-17(27)10-19(22)21(12-25(4,5)14-33-16(3)30)24(29)20-11-18(34-26-31)13-28-23(20)15(2)32-6/h8-11,13,15,31H,7,12,14H2,1-6H3/t15-/m0/s1. The van der Waals surface area contributed by atoms with Gasteiger partial charge in [-0.1, -0.05) is 29.8 Å². The summed E-state index contributed by atoms with van der Waals surface area (Å²) in [6.07, 6.45) is 1.97. The molecule has 1 atom stereocenters. The number of methoxy groups -OCH3 is 1. The second kappa shape index (κ2) is 10.9. The molecule has 181 valence electrons. The highest BCUT2D eigenvalue weighted by Gasteiger charge is 2.29. The number of carbonyl (C=O) groups excluding carboxylic acids is 1. The van der Waals surface area contributed by atoms with Crippen LogP contribution < -0.4 is 4.65 Å². The van der Waals surface area contributed by atoms with Crippen LogP contribution in [0.15, 0.2) is 34.9 Å². The molecule has 1 aromatic carbocycles. The molecule has 0 aliphatic rings. The number of rotatable bonds is 10. The van der Waals surface area contributed by atoms with Crippen molar-refractivity contribution in [1.82, 2.24) is 9.55 Å². The predicted octanol–water partition coefficient (Wildman–Crippen LogP) is 5.23. The lowest BCUT2D eigenvalue weighted by atomic mass is 9.84. The number of halogens is 1. The lowest BCUT2D eigenvalue weighted by molar-refractivity contribution is -0.143. The Hall–Kier alpha value is -2.36. The maximum Gasteiger partial charge on any atom is 0.569 e. The normalized spacial score (nSPS) is 12.6. The maximum absolute atomic E-state index is 11.5. The summed E-state index contributed by atoms with van der Waals surface area (Å²) in [5.41, 5.74) is 4.52. The van der Waals surface area contributed by atoms with Crippen LogP contribution in [0.1, 0.15) is 52.0 Å². The monoisotopic (exact) mass is 529 g/mol. The molecule has 0 aliphatic heterocycles. The van der Waals surface area contributed by atoms with E-state index in [-0.39, 0.29) is 17.5 Å². The maximum atomic E-state index is 11.5. The van der Waals surface area contributed by atoms with Gasteiger partial charge in [-0.3, -0.25) is 9.78 Å². The second-order valence-corrected chi connectivity index (χ2v) is 9.97. The van der Waals surface area contributed by atoms with Crippen LogP contribution in [0.4, 0.5) is 0 Å². The summed E-state index contributed by atoms with van der Waals surface area (Å²) in [5.74, 6) is 0.126. The molecule has 2 aromatic heterocycles. The summed E-state index contributed by atoms with van der Waals surface area (Å²) < 4.78 is 19.5. The van der Waals surface area contributed by atoms with Crippen LogP contribution in [0, 0.1) is 5.41 Å². The minimum atomic E-state index is -0.316. The van der Waals surface area contributed by atoms with Crippen molar-refractivity contribution in [3.8, 4) is 17.0 Å². The first-order chi connectivity index (χ1) is 16.1. The van der Waals surface area contributed by atoms with Crippen molar-refractivity contribution < 1.29 is 23.9 Å². The zero-order valence-corrected chi connectivity index (χ0v) is 22.1. The Labute approximate surface area is 209 Å². The van der Waals surface area contributed by atoms with Gasteiger partial charge >= 0.3 is 13.7 Å². The van der Waals surface area contributed by atoms with Gasteiger partial charge in [0.05, 0.1) is 30.3 Å². The van der Waals surface area contributed by atoms with Gasteiger partial charge in [0.25, 0.3) is 0 Å². The number of nitrogens with zero attached hydrogens (tertiary/aromatic N) is 2. The Morgan fingerprint density at radius 3 is 2.68 bits per heavy atom. The number of fused-ring (bicyclic) bond motifs is 1. The summed E-state index contributed by atoms with van der Waals surface area (Å²) in [4.78, 5) is 16.1. The van der Waals surface area contributed by atoms with Crippen molar-refractivity contribution in [3.05, 3.63) is 46.2 Å². The molecule has 0 fully saturated rings. The predicted molar refractivity (Wildman–Crippen MR) is 137 cm³/mol. The van der Waals surface area contributed by atoms with E-state index in [1.807, 2.05) is 19.1 Å². The number of esters is 1. The first kappa shape index (κ1) is 26.3. The highest BCUT2D eigenvalue weighted by atomic mass is 79.9. The third-order valence-corrected chi connectivity index (χ3v) is 6.34. The van der Waals surface area contributed by atoms with Crippen molar-refractivity contribution in [2.45, 2.75) is 53.7 Å². The lowest BCUT2D eigenvalue weighted by Crippen LogP contribution is -2.24. The van der Waals surface area contributed by atoms with E-state index >= 15 is 0 Å². The molecule has 0 spiro atoms. The largest absolute Gasteiger partial charge is 0.569 e. The third-order valence-electron chi connectivity index (χ3n) is 5.84. The topological polar surface area (TPSA) is 82.8 Å². The minimum Gasteiger partial charge on any atom is -0.536 e. The second-order valence-electron chi connectivity index (χ2n) is 9.06. The van der Waals surface area contributed by atoms with Gasteiger partial charge in [-0.2, -0.15) is 0 Å². The molecule has 0 saturated carbocycles. The average molecular weight is 530 g/mol. The van der Waals surface area contributed by atoms with Gasteiger partial charge in [-0.15, -0.1) is 0 Å². The van der Waals surface area contributed by atoms with E-state index in [1.54, 1.807) is 13.3 Å². The molecule has 0 aliphatic carbocycles. The fourth-order valence-corrected chi connectivity index (χ4v) is 4.61. The van der Waals surface area contributed by atoms with Crippen molar-refractivity contribution in [3.63, 3.8) is 0 Å². The molecule has 0 unspecified atom stereocenters. The Bertz CT molecular complexity index is 1180. The molecular formula is C25H31BBrN2O5. The van der Waals surface area contributed by atoms with Crippen LogP contribution in [-0.4, -0.2) is 41.9 Å². The SMILES string of the molecule is CCn1c(-c2cc(O[B]O)cnc2[C@H](C)OC)c(CC(C)(C)COC(C)=O)c2cc(Br)ccc21. The summed E-state index contributed by atoms with van der Waals surface area (Å²) in [6, 6.07) is 8.13. The van der Waals surface area contributed by atoms with Crippen LogP contribution in [0.25, 0.3) is 22.2 Å². The van der Waals surface area contributed by atoms with Gasteiger partial charge in [-0.25, -0.2) is 0 Å². The molecule has 34 heavy (non-hydrogen) atoms. The fourth-order valence-electron chi connectivity index (χ4n) is 4.24. The van der Waals surface area contributed by atoms with Gasteiger partial charge in [0.1, 0.15) is 5.75 Å². The Morgan fingerprint density at radius 1 is 1.32 bits per heavy atom. The number of hydrogen-bond acceptors (Lipinski definition) is 6. The van der Waals surface area contributed by atoms with Gasteiger partial charge in [0.15, 0.2) is 0 Å². The molecule has 9 heteroatoms. The van der Waals surface area contributed by atoms with E-state index in [1.165, 1.54) is 6.92 Å². The molecule has 1 N–H and O–H groups in total. The number of pyridine rings is 1. The first-order valence-electron chi connectivity index (χ1n) is 11.2. The number of benzene rings is 1. The summed E-state index contributed by atoms with van der Waals surface area (Å²) in [6.45, 7) is 10.7.